The lowest BCUT2D eigenvalue weighted by atomic mass is 9.89. The maximum atomic E-state index is 13.2. The molecule has 10 rings (SSSR count). The van der Waals surface area contributed by atoms with Gasteiger partial charge in [0, 0.05) is 112 Å². The van der Waals surface area contributed by atoms with Gasteiger partial charge in [-0.3, -0.25) is 39.3 Å². The summed E-state index contributed by atoms with van der Waals surface area (Å²) in [7, 11) is 2.09. The first-order valence-electron chi connectivity index (χ1n) is 21.3. The first-order valence-corrected chi connectivity index (χ1v) is 21.3. The smallest absolute Gasteiger partial charge is 0.262 e. The Labute approximate surface area is 352 Å². The maximum Gasteiger partial charge on any atom is 0.262 e. The molecule has 61 heavy (non-hydrogen) atoms. The molecular weight excluding hydrogens is 779 g/mol. The Morgan fingerprint density at radius 3 is 2.46 bits per heavy atom. The van der Waals surface area contributed by atoms with Gasteiger partial charge in [0.1, 0.15) is 24.5 Å². The van der Waals surface area contributed by atoms with E-state index >= 15 is 0 Å². The Hall–Kier alpha value is -5.74. The third kappa shape index (κ3) is 7.75. The van der Waals surface area contributed by atoms with Gasteiger partial charge in [-0.2, -0.15) is 0 Å². The van der Waals surface area contributed by atoms with Crippen LogP contribution in [-0.2, 0) is 26.1 Å². The molecule has 1 N–H and O–H groups in total. The highest BCUT2D eigenvalue weighted by molar-refractivity contribution is 6.23. The number of morpholine rings is 1. The number of aryl methyl sites for hydroxylation is 1. The Morgan fingerprint density at radius 2 is 1.64 bits per heavy atom. The van der Waals surface area contributed by atoms with Crippen molar-refractivity contribution in [2.24, 2.45) is 7.05 Å². The van der Waals surface area contributed by atoms with E-state index in [1.165, 1.54) is 5.39 Å². The molecule has 4 amide bonds. The highest BCUT2D eigenvalue weighted by Gasteiger charge is 2.45. The summed E-state index contributed by atoms with van der Waals surface area (Å²) >= 11 is 0. The number of ether oxygens (including phenoxy) is 4. The topological polar surface area (TPSA) is 158 Å². The number of amides is 4. The fourth-order valence-electron chi connectivity index (χ4n) is 9.56. The minimum absolute atomic E-state index is 0.0780. The van der Waals surface area contributed by atoms with Crippen molar-refractivity contribution in [3.05, 3.63) is 84.3 Å². The molecule has 0 bridgehead atoms. The first-order chi connectivity index (χ1) is 29.7. The van der Waals surface area contributed by atoms with Crippen LogP contribution in [0.25, 0.3) is 32.9 Å². The molecule has 15 nitrogen and oxygen atoms in total. The first kappa shape index (κ1) is 39.4. The molecule has 5 aromatic rings. The SMILES string of the molecule is Cn1c2ccncc2c2ccc(-c3ccc(O[C@H]4C[C@H](OCCN5CCC6(CC5)CN(CCOc5ccc7c(c5)C(=O)N(C5CCC(=O)NC5=O)C7=O)CCO6)C4)nc3)cc21. The van der Waals surface area contributed by atoms with Gasteiger partial charge in [-0.25, -0.2) is 4.98 Å². The van der Waals surface area contributed by atoms with E-state index in [0.29, 0.717) is 38.0 Å². The molecule has 1 aliphatic carbocycles. The summed E-state index contributed by atoms with van der Waals surface area (Å²) in [5.74, 6) is -0.979. The summed E-state index contributed by atoms with van der Waals surface area (Å²) in [6, 6.07) is 16.4. The van der Waals surface area contributed by atoms with Crippen LogP contribution in [0.4, 0.5) is 0 Å². The summed E-state index contributed by atoms with van der Waals surface area (Å²) in [5, 5.41) is 4.57. The quantitative estimate of drug-likeness (QED) is 0.178. The molecule has 316 valence electrons. The number of nitrogens with zero attached hydrogens (tertiary/aromatic N) is 6. The van der Waals surface area contributed by atoms with E-state index in [1.54, 1.807) is 18.2 Å². The van der Waals surface area contributed by atoms with Crippen LogP contribution in [0.3, 0.4) is 0 Å². The second-order valence-electron chi connectivity index (χ2n) is 16.9. The number of hydrogen-bond acceptors (Lipinski definition) is 12. The van der Waals surface area contributed by atoms with Crippen molar-refractivity contribution in [1.29, 1.82) is 0 Å². The molecule has 3 aromatic heterocycles. The van der Waals surface area contributed by atoms with Crippen LogP contribution in [0.2, 0.25) is 0 Å². The number of likely N-dealkylation sites (tertiary alicyclic amines) is 1. The minimum atomic E-state index is -0.997. The maximum absolute atomic E-state index is 13.2. The van der Waals surface area contributed by atoms with Crippen LogP contribution < -0.4 is 14.8 Å². The van der Waals surface area contributed by atoms with E-state index in [4.69, 9.17) is 18.9 Å². The largest absolute Gasteiger partial charge is 0.492 e. The molecular formula is C46H49N7O8. The zero-order valence-corrected chi connectivity index (χ0v) is 34.2. The molecule has 5 aliphatic rings. The number of nitrogens with one attached hydrogen (secondary N) is 1. The zero-order chi connectivity index (χ0) is 41.7. The van der Waals surface area contributed by atoms with Gasteiger partial charge >= 0.3 is 0 Å². The zero-order valence-electron chi connectivity index (χ0n) is 34.2. The van der Waals surface area contributed by atoms with Crippen LogP contribution in [0.5, 0.6) is 11.6 Å². The normalized spacial score (nSPS) is 23.1. The molecule has 1 saturated carbocycles. The van der Waals surface area contributed by atoms with Gasteiger partial charge in [-0.05, 0) is 61.2 Å². The van der Waals surface area contributed by atoms with Gasteiger partial charge in [0.25, 0.3) is 11.8 Å². The lowest BCUT2D eigenvalue weighted by Crippen LogP contribution is -2.57. The van der Waals surface area contributed by atoms with Gasteiger partial charge in [-0.15, -0.1) is 0 Å². The van der Waals surface area contributed by atoms with Crippen molar-refractivity contribution in [3.8, 4) is 22.8 Å². The van der Waals surface area contributed by atoms with Crippen molar-refractivity contribution in [2.45, 2.75) is 62.4 Å². The minimum Gasteiger partial charge on any atom is -0.492 e. The third-order valence-corrected chi connectivity index (χ3v) is 13.2. The molecule has 7 heterocycles. The molecule has 4 aliphatic heterocycles. The fourth-order valence-corrected chi connectivity index (χ4v) is 9.56. The number of carbonyl (C=O) groups is 4. The number of piperidine rings is 2. The molecule has 15 heteroatoms. The molecule has 2 aromatic carbocycles. The second-order valence-corrected chi connectivity index (χ2v) is 16.9. The number of hydrogen-bond donors (Lipinski definition) is 1. The average Bonchev–Trinajstić information content (AvgIpc) is 3.68. The number of aromatic nitrogens is 3. The van der Waals surface area contributed by atoms with E-state index in [0.717, 1.165) is 90.9 Å². The standard InChI is InChI=1S/C46H49N7O8/c1-50-38-10-13-47-27-37(38)34-5-2-29(22-40(34)50)30-3-9-42(48-26-30)61-33-23-32(24-33)59-19-16-51-14-11-46(12-15-51)28-52(18-21-60-46)17-20-58-31-4-6-35-36(25-31)45(57)53(44(35)56)39-7-8-41(54)49-43(39)55/h2-6,9-10,13,22,25-27,32-33,39H,7-8,11-12,14-21,23-24,28H2,1H3,(H,49,54,55)/t32-,33-,39?. The summed E-state index contributed by atoms with van der Waals surface area (Å²) in [5.41, 5.74) is 4.75. The number of imide groups is 2. The lowest BCUT2D eigenvalue weighted by Gasteiger charge is -2.47. The van der Waals surface area contributed by atoms with E-state index in [2.05, 4.69) is 61.0 Å². The molecule has 3 saturated heterocycles. The Morgan fingerprint density at radius 1 is 0.820 bits per heavy atom. The van der Waals surface area contributed by atoms with Crippen molar-refractivity contribution in [1.82, 2.24) is 34.6 Å². The molecule has 4 fully saturated rings. The molecule has 0 radical (unpaired) electrons. The van der Waals surface area contributed by atoms with E-state index < -0.39 is 29.7 Å². The molecule has 1 atom stereocenters. The van der Waals surface area contributed by atoms with E-state index in [1.807, 2.05) is 30.7 Å². The van der Waals surface area contributed by atoms with Crippen molar-refractivity contribution >= 4 is 45.4 Å². The van der Waals surface area contributed by atoms with Gasteiger partial charge < -0.3 is 28.4 Å². The van der Waals surface area contributed by atoms with Crippen LogP contribution in [0.15, 0.2) is 73.2 Å². The van der Waals surface area contributed by atoms with Gasteiger partial charge in [-0.1, -0.05) is 12.1 Å². The van der Waals surface area contributed by atoms with Crippen molar-refractivity contribution in [3.63, 3.8) is 0 Å². The fraction of sp³-hybridized carbons (Fsp3) is 0.435. The third-order valence-electron chi connectivity index (χ3n) is 13.2. The monoisotopic (exact) mass is 827 g/mol. The highest BCUT2D eigenvalue weighted by atomic mass is 16.5. The summed E-state index contributed by atoms with van der Waals surface area (Å²) < 4.78 is 27.1. The number of rotatable bonds is 12. The van der Waals surface area contributed by atoms with Gasteiger partial charge in [0.05, 0.1) is 41.6 Å². The van der Waals surface area contributed by atoms with Crippen LogP contribution in [0, 0.1) is 0 Å². The van der Waals surface area contributed by atoms with Gasteiger partial charge in [0.15, 0.2) is 0 Å². The van der Waals surface area contributed by atoms with E-state index in [9.17, 15) is 19.2 Å². The molecule has 1 unspecified atom stereocenters. The summed E-state index contributed by atoms with van der Waals surface area (Å²) in [6.07, 6.45) is 9.78. The number of pyridine rings is 2. The summed E-state index contributed by atoms with van der Waals surface area (Å²) in [6.45, 7) is 6.92. The Kier molecular flexibility index (Phi) is 10.5. The predicted octanol–water partition coefficient (Wildman–Crippen LogP) is 4.36. The number of carbonyl (C=O) groups excluding carboxylic acids is 4. The van der Waals surface area contributed by atoms with Crippen LogP contribution >= 0.6 is 0 Å². The van der Waals surface area contributed by atoms with Crippen molar-refractivity contribution < 1.29 is 38.1 Å². The number of benzene rings is 2. The Balaban J connectivity index is 0.627. The molecule has 1 spiro atoms. The van der Waals surface area contributed by atoms with Crippen molar-refractivity contribution in [2.75, 3.05) is 59.1 Å². The summed E-state index contributed by atoms with van der Waals surface area (Å²) in [4.78, 5) is 65.0. The number of fused-ring (bicyclic) bond motifs is 4. The van der Waals surface area contributed by atoms with Gasteiger partial charge in [0.2, 0.25) is 17.7 Å². The van der Waals surface area contributed by atoms with Crippen LogP contribution in [-0.4, -0.2) is 136 Å². The second kappa shape index (κ2) is 16.3. The van der Waals surface area contributed by atoms with Crippen LogP contribution in [0.1, 0.15) is 59.2 Å². The highest BCUT2D eigenvalue weighted by Crippen LogP contribution is 2.35. The lowest BCUT2D eigenvalue weighted by molar-refractivity contribution is -0.139. The van der Waals surface area contributed by atoms with E-state index in [-0.39, 0.29) is 41.8 Å². The average molecular weight is 828 g/mol. The Bertz CT molecular complexity index is 2510. The predicted molar refractivity (Wildman–Crippen MR) is 224 cm³/mol.